The van der Waals surface area contributed by atoms with Crippen LogP contribution in [0.1, 0.15) is 17.1 Å². The Kier molecular flexibility index (Phi) is 5.49. The summed E-state index contributed by atoms with van der Waals surface area (Å²) in [7, 11) is -3.91. The number of imide groups is 1. The maximum absolute atomic E-state index is 12.6. The highest BCUT2D eigenvalue weighted by molar-refractivity contribution is 7.92. The summed E-state index contributed by atoms with van der Waals surface area (Å²) in [5.41, 5.74) is 1.80. The fourth-order valence-electron chi connectivity index (χ4n) is 3.13. The molecule has 1 aliphatic rings. The second-order valence-corrected chi connectivity index (χ2v) is 8.78. The Labute approximate surface area is 184 Å². The first-order valence-electron chi connectivity index (χ1n) is 9.53. The number of carbonyl (C=O) groups excluding carboxylic acids is 2. The average Bonchev–Trinajstić information content (AvgIpc) is 3.31. The molecule has 0 fully saturated rings. The summed E-state index contributed by atoms with van der Waals surface area (Å²) in [6.45, 7) is 3.51. The highest BCUT2D eigenvalue weighted by atomic mass is 32.2. The van der Waals surface area contributed by atoms with Crippen molar-refractivity contribution in [3.63, 3.8) is 0 Å². The van der Waals surface area contributed by atoms with E-state index in [0.29, 0.717) is 22.8 Å². The van der Waals surface area contributed by atoms with E-state index in [9.17, 15) is 18.0 Å². The van der Waals surface area contributed by atoms with Crippen molar-refractivity contribution in [3.8, 4) is 0 Å². The number of nitrogens with zero attached hydrogens (tertiary/aromatic N) is 3. The van der Waals surface area contributed by atoms with Crippen molar-refractivity contribution in [2.45, 2.75) is 25.3 Å². The Hall–Kier alpha value is -3.99. The summed E-state index contributed by atoms with van der Waals surface area (Å²) in [5, 5.41) is 2.85. The minimum Gasteiger partial charge on any atom is -0.467 e. The summed E-state index contributed by atoms with van der Waals surface area (Å²) in [4.78, 5) is 33.9. The highest BCUT2D eigenvalue weighted by Gasteiger charge is 2.31. The molecular weight excluding hydrogens is 434 g/mol. The fraction of sp³-hybridized carbons (Fsp3) is 0.143. The summed E-state index contributed by atoms with van der Waals surface area (Å²) in [6, 6.07) is 10.8. The molecule has 10 nitrogen and oxygen atoms in total. The first kappa shape index (κ1) is 21.2. The number of aromatic nitrogens is 2. The average molecular weight is 453 g/mol. The van der Waals surface area contributed by atoms with E-state index in [0.717, 1.165) is 4.90 Å². The van der Waals surface area contributed by atoms with E-state index in [-0.39, 0.29) is 23.1 Å². The topological polar surface area (TPSA) is 134 Å². The van der Waals surface area contributed by atoms with Crippen molar-refractivity contribution in [2.75, 3.05) is 10.0 Å². The number of carbonyl (C=O) groups is 2. The second-order valence-electron chi connectivity index (χ2n) is 7.10. The molecule has 0 aliphatic carbocycles. The van der Waals surface area contributed by atoms with Crippen molar-refractivity contribution in [2.24, 2.45) is 0 Å². The Bertz CT molecular complexity index is 1290. The van der Waals surface area contributed by atoms with Gasteiger partial charge in [0.25, 0.3) is 21.8 Å². The maximum Gasteiger partial charge on any atom is 0.277 e. The van der Waals surface area contributed by atoms with E-state index in [1.165, 1.54) is 36.6 Å². The smallest absolute Gasteiger partial charge is 0.277 e. The van der Waals surface area contributed by atoms with Gasteiger partial charge in [0.05, 0.1) is 17.7 Å². The number of furan rings is 1. The number of benzene rings is 1. The zero-order chi connectivity index (χ0) is 22.9. The van der Waals surface area contributed by atoms with Crippen LogP contribution in [0.3, 0.4) is 0 Å². The molecule has 0 spiro atoms. The van der Waals surface area contributed by atoms with Crippen molar-refractivity contribution >= 4 is 33.5 Å². The molecule has 3 heterocycles. The summed E-state index contributed by atoms with van der Waals surface area (Å²) < 4.78 is 32.8. The van der Waals surface area contributed by atoms with Gasteiger partial charge in [0.15, 0.2) is 0 Å². The SMILES string of the molecule is Cc1cc(C)nc(NS(=O)(=O)c2ccc(NC3=CC(=O)N(Cc4ccco4)C3=O)cc2)n1. The van der Waals surface area contributed by atoms with Gasteiger partial charge >= 0.3 is 0 Å². The first-order chi connectivity index (χ1) is 15.2. The van der Waals surface area contributed by atoms with Crippen LogP contribution in [0.15, 0.2) is 69.8 Å². The summed E-state index contributed by atoms with van der Waals surface area (Å²) in [5.74, 6) is -0.500. The number of amides is 2. The molecule has 0 radical (unpaired) electrons. The van der Waals surface area contributed by atoms with Crippen LogP contribution in [0, 0.1) is 13.8 Å². The largest absolute Gasteiger partial charge is 0.467 e. The lowest BCUT2D eigenvalue weighted by atomic mass is 10.3. The molecular formula is C21H19N5O5S. The van der Waals surface area contributed by atoms with E-state index in [2.05, 4.69) is 20.0 Å². The zero-order valence-electron chi connectivity index (χ0n) is 17.2. The van der Waals surface area contributed by atoms with Crippen LogP contribution in [-0.2, 0) is 26.2 Å². The molecule has 32 heavy (non-hydrogen) atoms. The minimum absolute atomic E-state index is 0.00643. The predicted molar refractivity (Wildman–Crippen MR) is 115 cm³/mol. The molecule has 164 valence electrons. The molecule has 1 aromatic carbocycles. The fourth-order valence-corrected chi connectivity index (χ4v) is 4.07. The van der Waals surface area contributed by atoms with Crippen LogP contribution in [0.5, 0.6) is 0 Å². The third-order valence-corrected chi connectivity index (χ3v) is 5.90. The van der Waals surface area contributed by atoms with Gasteiger partial charge in [-0.25, -0.2) is 23.1 Å². The molecule has 0 saturated carbocycles. The van der Waals surface area contributed by atoms with E-state index >= 15 is 0 Å². The third kappa shape index (κ3) is 4.52. The number of hydrogen-bond donors (Lipinski definition) is 2. The van der Waals surface area contributed by atoms with Crippen LogP contribution in [0.4, 0.5) is 11.6 Å². The number of rotatable bonds is 7. The molecule has 0 atom stereocenters. The van der Waals surface area contributed by atoms with Crippen molar-refractivity contribution in [3.05, 3.63) is 77.6 Å². The standard InChI is InChI=1S/C21H19N5O5S/c1-13-10-14(2)23-21(22-13)25-32(29,30)17-7-5-15(6-8-17)24-18-11-19(27)26(20(18)28)12-16-4-3-9-31-16/h3-11,24H,12H2,1-2H3,(H,22,23,25). The molecule has 2 N–H and O–H groups in total. The molecule has 0 unspecified atom stereocenters. The molecule has 0 saturated heterocycles. The zero-order valence-corrected chi connectivity index (χ0v) is 18.0. The Balaban J connectivity index is 1.45. The molecule has 4 rings (SSSR count). The lowest BCUT2D eigenvalue weighted by Crippen LogP contribution is -2.31. The normalized spacial score (nSPS) is 13.9. The summed E-state index contributed by atoms with van der Waals surface area (Å²) in [6.07, 6.45) is 2.65. The van der Waals surface area contributed by atoms with Gasteiger partial charge in [-0.1, -0.05) is 0 Å². The predicted octanol–water partition coefficient (Wildman–Crippen LogP) is 2.35. The lowest BCUT2D eigenvalue weighted by molar-refractivity contribution is -0.138. The van der Waals surface area contributed by atoms with Gasteiger partial charge < -0.3 is 9.73 Å². The Morgan fingerprint density at radius 2 is 1.72 bits per heavy atom. The quantitative estimate of drug-likeness (QED) is 0.521. The van der Waals surface area contributed by atoms with Crippen molar-refractivity contribution in [1.82, 2.24) is 14.9 Å². The van der Waals surface area contributed by atoms with Gasteiger partial charge in [0.2, 0.25) is 5.95 Å². The number of anilines is 2. The van der Waals surface area contributed by atoms with Gasteiger partial charge in [-0.15, -0.1) is 0 Å². The lowest BCUT2D eigenvalue weighted by Gasteiger charge is -2.14. The van der Waals surface area contributed by atoms with E-state index in [4.69, 9.17) is 4.42 Å². The minimum atomic E-state index is -3.91. The van der Waals surface area contributed by atoms with Crippen LogP contribution in [0.25, 0.3) is 0 Å². The van der Waals surface area contributed by atoms with E-state index in [1.54, 1.807) is 32.0 Å². The van der Waals surface area contributed by atoms with Crippen LogP contribution < -0.4 is 10.0 Å². The van der Waals surface area contributed by atoms with Gasteiger partial charge in [0.1, 0.15) is 11.5 Å². The molecule has 2 amide bonds. The van der Waals surface area contributed by atoms with Crippen molar-refractivity contribution in [1.29, 1.82) is 0 Å². The second kappa shape index (κ2) is 8.27. The van der Waals surface area contributed by atoms with E-state index < -0.39 is 21.8 Å². The molecule has 0 bridgehead atoms. The number of hydrogen-bond acceptors (Lipinski definition) is 8. The maximum atomic E-state index is 12.6. The van der Waals surface area contributed by atoms with Gasteiger partial charge in [-0.05, 0) is 56.3 Å². The van der Waals surface area contributed by atoms with Crippen LogP contribution in [-0.4, -0.2) is 35.1 Å². The van der Waals surface area contributed by atoms with Crippen LogP contribution >= 0.6 is 0 Å². The monoisotopic (exact) mass is 453 g/mol. The Morgan fingerprint density at radius 3 is 2.34 bits per heavy atom. The van der Waals surface area contributed by atoms with Gasteiger partial charge in [-0.2, -0.15) is 0 Å². The third-order valence-electron chi connectivity index (χ3n) is 4.56. The summed E-state index contributed by atoms with van der Waals surface area (Å²) >= 11 is 0. The van der Waals surface area contributed by atoms with Crippen LogP contribution in [0.2, 0.25) is 0 Å². The molecule has 1 aliphatic heterocycles. The Morgan fingerprint density at radius 1 is 1.03 bits per heavy atom. The number of nitrogens with one attached hydrogen (secondary N) is 2. The van der Waals surface area contributed by atoms with E-state index in [1.807, 2.05) is 0 Å². The number of aryl methyl sites for hydroxylation is 2. The molecule has 2 aromatic heterocycles. The molecule has 11 heteroatoms. The highest BCUT2D eigenvalue weighted by Crippen LogP contribution is 2.21. The molecule has 3 aromatic rings. The van der Waals surface area contributed by atoms with Gasteiger partial charge in [-0.3, -0.25) is 14.5 Å². The van der Waals surface area contributed by atoms with Gasteiger partial charge in [0, 0.05) is 23.2 Å². The number of sulfonamides is 1. The van der Waals surface area contributed by atoms with Crippen molar-refractivity contribution < 1.29 is 22.4 Å². The first-order valence-corrected chi connectivity index (χ1v) is 11.0.